The summed E-state index contributed by atoms with van der Waals surface area (Å²) in [5, 5.41) is 8.57. The second-order valence-corrected chi connectivity index (χ2v) is 2.25. The zero-order chi connectivity index (χ0) is 8.53. The van der Waals surface area contributed by atoms with Crippen LogP contribution < -0.4 is 0 Å². The minimum Gasteiger partial charge on any atom is -0.502 e. The van der Waals surface area contributed by atoms with E-state index < -0.39 is 0 Å². The third-order valence-corrected chi connectivity index (χ3v) is 1.18. The summed E-state index contributed by atoms with van der Waals surface area (Å²) in [6.45, 7) is 6.55. The van der Waals surface area contributed by atoms with E-state index in [0.717, 1.165) is 6.42 Å². The third-order valence-electron chi connectivity index (χ3n) is 1.18. The number of ether oxygens (including phenoxy) is 2. The van der Waals surface area contributed by atoms with E-state index in [9.17, 15) is 0 Å². The zero-order valence-electron chi connectivity index (χ0n) is 6.95. The van der Waals surface area contributed by atoms with Gasteiger partial charge in [0, 0.05) is 6.42 Å². The van der Waals surface area contributed by atoms with Gasteiger partial charge in [0.1, 0.15) is 0 Å². The first-order valence-electron chi connectivity index (χ1n) is 3.76. The lowest BCUT2D eigenvalue weighted by atomic mass is 10.4. The molecule has 0 aliphatic heterocycles. The van der Waals surface area contributed by atoms with Crippen molar-refractivity contribution in [3.8, 4) is 0 Å². The maximum Gasteiger partial charge on any atom is 0.0895 e. The van der Waals surface area contributed by atoms with Crippen LogP contribution in [-0.2, 0) is 9.47 Å². The van der Waals surface area contributed by atoms with Crippen LogP contribution in [0.2, 0.25) is 0 Å². The van der Waals surface area contributed by atoms with E-state index in [1.54, 1.807) is 0 Å². The molecule has 0 saturated heterocycles. The van der Waals surface area contributed by atoms with E-state index in [-0.39, 0.29) is 12.7 Å². The quantitative estimate of drug-likeness (QED) is 0.445. The van der Waals surface area contributed by atoms with Gasteiger partial charge in [0.25, 0.3) is 0 Å². The van der Waals surface area contributed by atoms with Gasteiger partial charge in [-0.15, -0.1) is 0 Å². The van der Waals surface area contributed by atoms with E-state index in [1.165, 1.54) is 6.26 Å². The fraction of sp³-hybridized carbons (Fsp3) is 0.750. The van der Waals surface area contributed by atoms with Crippen molar-refractivity contribution in [2.24, 2.45) is 0 Å². The standard InChI is InChI=1S/C8H16O3/c1-3-10-5-4-6-11-8(2)7-9/h3,8-9H,1,4-7H2,2H3. The Morgan fingerprint density at radius 1 is 1.55 bits per heavy atom. The molecule has 1 atom stereocenters. The summed E-state index contributed by atoms with van der Waals surface area (Å²) < 4.78 is 10.0. The lowest BCUT2D eigenvalue weighted by Gasteiger charge is -2.08. The second-order valence-electron chi connectivity index (χ2n) is 2.25. The molecule has 0 aliphatic carbocycles. The van der Waals surface area contributed by atoms with Gasteiger partial charge in [-0.3, -0.25) is 0 Å². The van der Waals surface area contributed by atoms with Crippen molar-refractivity contribution in [1.82, 2.24) is 0 Å². The molecule has 0 saturated carbocycles. The Balaban J connectivity index is 2.95. The molecule has 0 radical (unpaired) electrons. The number of aliphatic hydroxyl groups excluding tert-OH is 1. The van der Waals surface area contributed by atoms with Crippen LogP contribution in [-0.4, -0.2) is 31.0 Å². The Hall–Kier alpha value is -0.540. The summed E-state index contributed by atoms with van der Waals surface area (Å²) in [6, 6.07) is 0. The first-order chi connectivity index (χ1) is 5.31. The Labute approximate surface area is 67.6 Å². The van der Waals surface area contributed by atoms with Crippen LogP contribution in [0.3, 0.4) is 0 Å². The Morgan fingerprint density at radius 3 is 2.82 bits per heavy atom. The molecule has 0 aromatic heterocycles. The minimum atomic E-state index is -0.0706. The maximum absolute atomic E-state index is 8.57. The van der Waals surface area contributed by atoms with Gasteiger partial charge in [-0.1, -0.05) is 6.58 Å². The molecule has 0 heterocycles. The van der Waals surface area contributed by atoms with Crippen LogP contribution in [0, 0.1) is 0 Å². The molecule has 0 rings (SSSR count). The maximum atomic E-state index is 8.57. The lowest BCUT2D eigenvalue weighted by Crippen LogP contribution is -2.14. The molecule has 3 heteroatoms. The largest absolute Gasteiger partial charge is 0.502 e. The predicted molar refractivity (Wildman–Crippen MR) is 43.3 cm³/mol. The third kappa shape index (κ3) is 7.36. The highest BCUT2D eigenvalue weighted by Gasteiger charge is 1.97. The topological polar surface area (TPSA) is 38.7 Å². The SMILES string of the molecule is C=COCCCOC(C)CO. The number of hydrogen-bond acceptors (Lipinski definition) is 3. The van der Waals surface area contributed by atoms with Crippen molar-refractivity contribution in [3.63, 3.8) is 0 Å². The van der Waals surface area contributed by atoms with Gasteiger partial charge in [-0.25, -0.2) is 0 Å². The fourth-order valence-electron chi connectivity index (χ4n) is 0.563. The monoisotopic (exact) mass is 160 g/mol. The molecule has 0 amide bonds. The van der Waals surface area contributed by atoms with E-state index in [4.69, 9.17) is 14.6 Å². The summed E-state index contributed by atoms with van der Waals surface area (Å²) in [6.07, 6.45) is 2.17. The molecule has 3 nitrogen and oxygen atoms in total. The van der Waals surface area contributed by atoms with Gasteiger partial charge < -0.3 is 14.6 Å². The highest BCUT2D eigenvalue weighted by molar-refractivity contribution is 4.49. The van der Waals surface area contributed by atoms with Crippen LogP contribution in [0.15, 0.2) is 12.8 Å². The Morgan fingerprint density at radius 2 is 2.27 bits per heavy atom. The summed E-state index contributed by atoms with van der Waals surface area (Å²) >= 11 is 0. The number of aliphatic hydroxyl groups is 1. The van der Waals surface area contributed by atoms with Gasteiger partial charge in [0.2, 0.25) is 0 Å². The highest BCUT2D eigenvalue weighted by atomic mass is 16.5. The molecule has 0 aromatic rings. The van der Waals surface area contributed by atoms with Gasteiger partial charge in [-0.2, -0.15) is 0 Å². The smallest absolute Gasteiger partial charge is 0.0895 e. The van der Waals surface area contributed by atoms with Gasteiger partial charge in [-0.05, 0) is 6.92 Å². The summed E-state index contributed by atoms with van der Waals surface area (Å²) in [5.74, 6) is 0. The van der Waals surface area contributed by atoms with Gasteiger partial charge >= 0.3 is 0 Å². The summed E-state index contributed by atoms with van der Waals surface area (Å²) in [4.78, 5) is 0. The number of rotatable bonds is 7. The number of hydrogen-bond donors (Lipinski definition) is 1. The van der Waals surface area contributed by atoms with Gasteiger partial charge in [0.05, 0.1) is 32.2 Å². The molecular formula is C8H16O3. The Kier molecular flexibility index (Phi) is 7.19. The van der Waals surface area contributed by atoms with Crippen molar-refractivity contribution >= 4 is 0 Å². The molecule has 11 heavy (non-hydrogen) atoms. The first-order valence-corrected chi connectivity index (χ1v) is 3.76. The van der Waals surface area contributed by atoms with Crippen LogP contribution in [0.4, 0.5) is 0 Å². The fourth-order valence-corrected chi connectivity index (χ4v) is 0.563. The van der Waals surface area contributed by atoms with E-state index >= 15 is 0 Å². The lowest BCUT2D eigenvalue weighted by molar-refractivity contribution is 0.0179. The Bertz CT molecular complexity index is 93.3. The predicted octanol–water partition coefficient (Wildman–Crippen LogP) is 0.934. The molecule has 0 fully saturated rings. The highest BCUT2D eigenvalue weighted by Crippen LogP contribution is 1.91. The second kappa shape index (κ2) is 7.57. The molecule has 0 aromatic carbocycles. The van der Waals surface area contributed by atoms with Crippen LogP contribution in [0.5, 0.6) is 0 Å². The molecular weight excluding hydrogens is 144 g/mol. The van der Waals surface area contributed by atoms with Crippen molar-refractivity contribution in [2.45, 2.75) is 19.4 Å². The van der Waals surface area contributed by atoms with Crippen molar-refractivity contribution in [2.75, 3.05) is 19.8 Å². The van der Waals surface area contributed by atoms with E-state index in [1.807, 2.05) is 6.92 Å². The first kappa shape index (κ1) is 10.5. The zero-order valence-corrected chi connectivity index (χ0v) is 6.95. The van der Waals surface area contributed by atoms with Gasteiger partial charge in [0.15, 0.2) is 0 Å². The molecule has 0 aliphatic rings. The minimum absolute atomic E-state index is 0.0706. The van der Waals surface area contributed by atoms with Crippen molar-refractivity contribution in [3.05, 3.63) is 12.8 Å². The van der Waals surface area contributed by atoms with Crippen LogP contribution >= 0.6 is 0 Å². The average Bonchev–Trinajstić information content (AvgIpc) is 2.04. The van der Waals surface area contributed by atoms with Crippen LogP contribution in [0.1, 0.15) is 13.3 Å². The molecule has 1 unspecified atom stereocenters. The van der Waals surface area contributed by atoms with E-state index in [2.05, 4.69) is 6.58 Å². The summed E-state index contributed by atoms with van der Waals surface area (Å²) in [5.41, 5.74) is 0. The summed E-state index contributed by atoms with van der Waals surface area (Å²) in [7, 11) is 0. The van der Waals surface area contributed by atoms with Crippen molar-refractivity contribution < 1.29 is 14.6 Å². The molecule has 0 spiro atoms. The molecule has 66 valence electrons. The molecule has 1 N–H and O–H groups in total. The van der Waals surface area contributed by atoms with Crippen molar-refractivity contribution in [1.29, 1.82) is 0 Å². The normalized spacial score (nSPS) is 12.5. The molecule has 0 bridgehead atoms. The van der Waals surface area contributed by atoms with Crippen LogP contribution in [0.25, 0.3) is 0 Å². The average molecular weight is 160 g/mol. The van der Waals surface area contributed by atoms with E-state index in [0.29, 0.717) is 13.2 Å².